The molecule has 0 saturated heterocycles. The van der Waals surface area contributed by atoms with Crippen molar-refractivity contribution >= 4 is 33.4 Å². The van der Waals surface area contributed by atoms with Gasteiger partial charge in [0, 0.05) is 22.6 Å². The summed E-state index contributed by atoms with van der Waals surface area (Å²) in [6.45, 7) is 2.96. The van der Waals surface area contributed by atoms with Gasteiger partial charge in [0.1, 0.15) is 5.82 Å². The van der Waals surface area contributed by atoms with Gasteiger partial charge < -0.3 is 10.6 Å². The molecule has 0 aliphatic heterocycles. The van der Waals surface area contributed by atoms with Crippen LogP contribution in [0.25, 0.3) is 11.3 Å². The number of anilines is 3. The molecule has 0 aliphatic rings. The summed E-state index contributed by atoms with van der Waals surface area (Å²) in [5.41, 5.74) is 2.92. The Balaban J connectivity index is 1.97. The van der Waals surface area contributed by atoms with Crippen molar-refractivity contribution in [2.24, 2.45) is 0 Å². The second-order valence-electron chi connectivity index (χ2n) is 5.36. The Hall–Kier alpha value is -2.40. The van der Waals surface area contributed by atoms with Crippen LogP contribution in [0.5, 0.6) is 0 Å². The summed E-state index contributed by atoms with van der Waals surface area (Å²) in [5, 5.41) is 6.63. The van der Waals surface area contributed by atoms with Gasteiger partial charge in [0.25, 0.3) is 0 Å². The van der Waals surface area contributed by atoms with E-state index in [1.54, 1.807) is 0 Å². The average Bonchev–Trinajstić information content (AvgIpc) is 2.62. The zero-order chi connectivity index (χ0) is 16.8. The van der Waals surface area contributed by atoms with Crippen molar-refractivity contribution in [1.82, 2.24) is 9.97 Å². The molecule has 1 aromatic heterocycles. The topological polar surface area (TPSA) is 49.8 Å². The summed E-state index contributed by atoms with van der Waals surface area (Å²) < 4.78 is 0.993. The lowest BCUT2D eigenvalue weighted by Crippen LogP contribution is -2.07. The number of para-hydroxylation sites is 1. The van der Waals surface area contributed by atoms with E-state index >= 15 is 0 Å². The Bertz CT molecular complexity index is 805. The highest BCUT2D eigenvalue weighted by molar-refractivity contribution is 9.10. The van der Waals surface area contributed by atoms with Crippen LogP contribution >= 0.6 is 15.9 Å². The van der Waals surface area contributed by atoms with Gasteiger partial charge >= 0.3 is 0 Å². The van der Waals surface area contributed by atoms with Crippen molar-refractivity contribution in [2.75, 3.05) is 17.2 Å². The first kappa shape index (κ1) is 16.5. The van der Waals surface area contributed by atoms with Crippen molar-refractivity contribution in [3.8, 4) is 11.3 Å². The molecule has 0 spiro atoms. The first-order chi connectivity index (χ1) is 11.8. The van der Waals surface area contributed by atoms with Crippen LogP contribution in [0.3, 0.4) is 0 Å². The van der Waals surface area contributed by atoms with Crippen LogP contribution in [0.4, 0.5) is 17.5 Å². The third-order valence-corrected chi connectivity index (χ3v) is 4.16. The minimum absolute atomic E-state index is 0.632. The molecule has 0 amide bonds. The van der Waals surface area contributed by atoms with Crippen molar-refractivity contribution in [1.29, 1.82) is 0 Å². The molecular formula is C19H19BrN4. The van der Waals surface area contributed by atoms with Gasteiger partial charge in [0.2, 0.25) is 5.95 Å². The second kappa shape index (κ2) is 7.93. The highest BCUT2D eigenvalue weighted by atomic mass is 79.9. The maximum absolute atomic E-state index is 4.63. The lowest BCUT2D eigenvalue weighted by Gasteiger charge is -2.12. The summed E-state index contributed by atoms with van der Waals surface area (Å²) in [5.74, 6) is 1.39. The quantitative estimate of drug-likeness (QED) is 0.593. The molecule has 2 N–H and O–H groups in total. The Labute approximate surface area is 150 Å². The van der Waals surface area contributed by atoms with E-state index in [4.69, 9.17) is 0 Å². The molecule has 0 aliphatic carbocycles. The molecule has 24 heavy (non-hydrogen) atoms. The van der Waals surface area contributed by atoms with Crippen molar-refractivity contribution < 1.29 is 0 Å². The molecule has 1 heterocycles. The van der Waals surface area contributed by atoms with Crippen LogP contribution in [0.15, 0.2) is 65.1 Å². The van der Waals surface area contributed by atoms with Gasteiger partial charge in [0.15, 0.2) is 0 Å². The van der Waals surface area contributed by atoms with Gasteiger partial charge in [-0.2, -0.15) is 4.98 Å². The number of hydrogen-bond acceptors (Lipinski definition) is 4. The fourth-order valence-corrected chi connectivity index (χ4v) is 2.67. The SMILES string of the molecule is CCCNc1nc(Nc2ccccc2Br)cc(-c2ccccc2)n1. The van der Waals surface area contributed by atoms with Crippen LogP contribution in [-0.4, -0.2) is 16.5 Å². The van der Waals surface area contributed by atoms with Crippen molar-refractivity contribution in [3.05, 3.63) is 65.1 Å². The third kappa shape index (κ3) is 4.11. The summed E-state index contributed by atoms with van der Waals surface area (Å²) in [7, 11) is 0. The second-order valence-corrected chi connectivity index (χ2v) is 6.21. The molecule has 0 atom stereocenters. The Morgan fingerprint density at radius 2 is 1.71 bits per heavy atom. The van der Waals surface area contributed by atoms with E-state index in [1.807, 2.05) is 60.7 Å². The molecule has 0 saturated carbocycles. The summed E-state index contributed by atoms with van der Waals surface area (Å²) in [6.07, 6.45) is 1.02. The fraction of sp³-hybridized carbons (Fsp3) is 0.158. The largest absolute Gasteiger partial charge is 0.354 e. The number of nitrogens with one attached hydrogen (secondary N) is 2. The molecule has 2 aromatic carbocycles. The van der Waals surface area contributed by atoms with Gasteiger partial charge in [0.05, 0.1) is 11.4 Å². The zero-order valence-corrected chi connectivity index (χ0v) is 15.0. The number of rotatable bonds is 6. The molecule has 0 radical (unpaired) electrons. The minimum atomic E-state index is 0.632. The van der Waals surface area contributed by atoms with Crippen LogP contribution in [-0.2, 0) is 0 Å². The maximum Gasteiger partial charge on any atom is 0.225 e. The van der Waals surface area contributed by atoms with E-state index in [1.165, 1.54) is 0 Å². The van der Waals surface area contributed by atoms with E-state index in [-0.39, 0.29) is 0 Å². The standard InChI is InChI=1S/C19H19BrN4/c1-2-12-21-19-23-17(14-8-4-3-5-9-14)13-18(24-19)22-16-11-7-6-10-15(16)20/h3-11,13H,2,12H2,1H3,(H2,21,22,23,24). The van der Waals surface area contributed by atoms with Crippen LogP contribution in [0.2, 0.25) is 0 Å². The first-order valence-corrected chi connectivity index (χ1v) is 8.75. The number of aromatic nitrogens is 2. The molecule has 4 nitrogen and oxygen atoms in total. The van der Waals surface area contributed by atoms with Gasteiger partial charge in [-0.3, -0.25) is 0 Å². The monoisotopic (exact) mass is 382 g/mol. The van der Waals surface area contributed by atoms with Crippen LogP contribution in [0, 0.1) is 0 Å². The molecule has 0 unspecified atom stereocenters. The van der Waals surface area contributed by atoms with E-state index < -0.39 is 0 Å². The number of halogens is 1. The van der Waals surface area contributed by atoms with E-state index in [0.29, 0.717) is 5.95 Å². The van der Waals surface area contributed by atoms with Crippen molar-refractivity contribution in [3.63, 3.8) is 0 Å². The van der Waals surface area contributed by atoms with Gasteiger partial charge in [-0.25, -0.2) is 4.98 Å². The van der Waals surface area contributed by atoms with Crippen molar-refractivity contribution in [2.45, 2.75) is 13.3 Å². The number of hydrogen-bond donors (Lipinski definition) is 2. The van der Waals surface area contributed by atoms with E-state index in [9.17, 15) is 0 Å². The summed E-state index contributed by atoms with van der Waals surface area (Å²) in [4.78, 5) is 9.21. The highest BCUT2D eigenvalue weighted by Crippen LogP contribution is 2.27. The molecule has 0 fully saturated rings. The molecule has 3 rings (SSSR count). The Morgan fingerprint density at radius 1 is 0.958 bits per heavy atom. The van der Waals surface area contributed by atoms with E-state index in [2.05, 4.69) is 43.5 Å². The van der Waals surface area contributed by atoms with Gasteiger partial charge in [-0.1, -0.05) is 49.4 Å². The summed E-state index contributed by atoms with van der Waals surface area (Å²) in [6, 6.07) is 20.1. The molecule has 0 bridgehead atoms. The highest BCUT2D eigenvalue weighted by Gasteiger charge is 2.08. The molecule has 122 valence electrons. The maximum atomic E-state index is 4.63. The summed E-state index contributed by atoms with van der Waals surface area (Å²) >= 11 is 3.56. The lowest BCUT2D eigenvalue weighted by molar-refractivity contribution is 0.954. The van der Waals surface area contributed by atoms with Crippen LogP contribution in [0.1, 0.15) is 13.3 Å². The first-order valence-electron chi connectivity index (χ1n) is 7.96. The van der Waals surface area contributed by atoms with Gasteiger partial charge in [-0.15, -0.1) is 0 Å². The van der Waals surface area contributed by atoms with Crippen LogP contribution < -0.4 is 10.6 Å². The molecular weight excluding hydrogens is 364 g/mol. The lowest BCUT2D eigenvalue weighted by atomic mass is 10.1. The average molecular weight is 383 g/mol. The third-order valence-electron chi connectivity index (χ3n) is 3.47. The van der Waals surface area contributed by atoms with E-state index in [0.717, 1.165) is 40.2 Å². The fourth-order valence-electron chi connectivity index (χ4n) is 2.28. The predicted octanol–water partition coefficient (Wildman–Crippen LogP) is 5.47. The molecule has 5 heteroatoms. The number of benzene rings is 2. The Morgan fingerprint density at radius 3 is 2.46 bits per heavy atom. The predicted molar refractivity (Wildman–Crippen MR) is 104 cm³/mol. The normalized spacial score (nSPS) is 10.4. The Kier molecular flexibility index (Phi) is 5.43. The van der Waals surface area contributed by atoms with Gasteiger partial charge in [-0.05, 0) is 34.5 Å². The smallest absolute Gasteiger partial charge is 0.225 e. The molecule has 3 aromatic rings. The minimum Gasteiger partial charge on any atom is -0.354 e. The zero-order valence-electron chi connectivity index (χ0n) is 13.5. The number of nitrogens with zero attached hydrogens (tertiary/aromatic N) is 2.